The van der Waals surface area contributed by atoms with Crippen molar-refractivity contribution in [3.05, 3.63) is 29.8 Å². The predicted molar refractivity (Wildman–Crippen MR) is 115 cm³/mol. The zero-order chi connectivity index (χ0) is 19.1. The minimum atomic E-state index is -0.0258. The lowest BCUT2D eigenvalue weighted by molar-refractivity contribution is -0.127. The molecule has 5 rings (SSSR count). The maximum absolute atomic E-state index is 13.2. The Hall–Kier alpha value is -1.35. The van der Waals surface area contributed by atoms with E-state index in [1.807, 2.05) is 0 Å². The van der Waals surface area contributed by atoms with E-state index >= 15 is 0 Å². The lowest BCUT2D eigenvalue weighted by Gasteiger charge is -2.31. The lowest BCUT2D eigenvalue weighted by Crippen LogP contribution is -2.36. The maximum Gasteiger partial charge on any atom is 0.233 e. The van der Waals surface area contributed by atoms with E-state index in [2.05, 4.69) is 41.0 Å². The van der Waals surface area contributed by atoms with Crippen molar-refractivity contribution in [3.63, 3.8) is 0 Å². The third-order valence-electron chi connectivity index (χ3n) is 8.48. The Kier molecular flexibility index (Phi) is 4.99. The Labute approximate surface area is 170 Å². The van der Waals surface area contributed by atoms with E-state index in [0.29, 0.717) is 11.8 Å². The molecule has 2 saturated carbocycles. The number of amides is 1. The molecule has 1 amide bonds. The van der Waals surface area contributed by atoms with Gasteiger partial charge in [0.1, 0.15) is 0 Å². The highest BCUT2D eigenvalue weighted by atomic mass is 16.2. The van der Waals surface area contributed by atoms with E-state index in [1.54, 1.807) is 0 Å². The van der Waals surface area contributed by atoms with Crippen LogP contribution in [-0.4, -0.2) is 36.0 Å². The molecule has 1 aromatic rings. The average molecular weight is 381 g/mol. The first kappa shape index (κ1) is 18.7. The molecule has 4 aliphatic rings. The van der Waals surface area contributed by atoms with Gasteiger partial charge in [0.2, 0.25) is 5.91 Å². The molecular weight excluding hydrogens is 344 g/mol. The van der Waals surface area contributed by atoms with Gasteiger partial charge in [-0.3, -0.25) is 9.69 Å². The van der Waals surface area contributed by atoms with E-state index in [1.165, 1.54) is 63.5 Å². The molecule has 28 heavy (non-hydrogen) atoms. The van der Waals surface area contributed by atoms with Crippen LogP contribution in [0, 0.1) is 5.41 Å². The first-order valence-electron chi connectivity index (χ1n) is 11.8. The third kappa shape index (κ3) is 3.20. The smallest absolute Gasteiger partial charge is 0.233 e. The van der Waals surface area contributed by atoms with E-state index in [9.17, 15) is 4.79 Å². The van der Waals surface area contributed by atoms with Crippen LogP contribution >= 0.6 is 0 Å². The molecule has 0 aromatic heterocycles. The summed E-state index contributed by atoms with van der Waals surface area (Å²) >= 11 is 0. The molecule has 0 N–H and O–H groups in total. The van der Waals surface area contributed by atoms with Gasteiger partial charge in [-0.1, -0.05) is 31.4 Å². The van der Waals surface area contributed by atoms with Crippen LogP contribution in [0.1, 0.15) is 89.0 Å². The topological polar surface area (TPSA) is 23.6 Å². The fraction of sp³-hybridized carbons (Fsp3) is 0.720. The van der Waals surface area contributed by atoms with Gasteiger partial charge in [-0.05, 0) is 88.4 Å². The van der Waals surface area contributed by atoms with Gasteiger partial charge < -0.3 is 4.90 Å². The SMILES string of the molecule is C[C@H]1CCCN1[C@H]1CCC(c2ccc(N3CCC4(CCCCC4)C3=O)cc2)C1. The summed E-state index contributed by atoms with van der Waals surface area (Å²) in [4.78, 5) is 18.0. The standard InChI is InChI=1S/C25H36N2O/c1-19-6-5-16-26(19)23-12-9-21(18-23)20-7-10-22(11-8-20)27-17-15-25(24(27)28)13-3-2-4-14-25/h7-8,10-11,19,21,23H,2-6,9,12-18H2,1H3/t19-,21?,23-/m0/s1. The fourth-order valence-corrected chi connectivity index (χ4v) is 6.75. The molecular formula is C25H36N2O. The van der Waals surface area contributed by atoms with Gasteiger partial charge in [-0.15, -0.1) is 0 Å². The number of likely N-dealkylation sites (tertiary alicyclic amines) is 1. The minimum Gasteiger partial charge on any atom is -0.312 e. The Balaban J connectivity index is 1.25. The molecule has 3 nitrogen and oxygen atoms in total. The van der Waals surface area contributed by atoms with Crippen LogP contribution in [0.4, 0.5) is 5.69 Å². The number of hydrogen-bond donors (Lipinski definition) is 0. The number of hydrogen-bond acceptors (Lipinski definition) is 2. The van der Waals surface area contributed by atoms with Crippen LogP contribution in [0.15, 0.2) is 24.3 Å². The zero-order valence-electron chi connectivity index (χ0n) is 17.5. The van der Waals surface area contributed by atoms with Crippen LogP contribution in [0.3, 0.4) is 0 Å². The van der Waals surface area contributed by atoms with Gasteiger partial charge >= 0.3 is 0 Å². The Bertz CT molecular complexity index is 706. The summed E-state index contributed by atoms with van der Waals surface area (Å²) < 4.78 is 0. The Morgan fingerprint density at radius 3 is 2.39 bits per heavy atom. The van der Waals surface area contributed by atoms with Crippen LogP contribution in [-0.2, 0) is 4.79 Å². The van der Waals surface area contributed by atoms with Crippen molar-refractivity contribution < 1.29 is 4.79 Å². The van der Waals surface area contributed by atoms with Crippen LogP contribution in [0.25, 0.3) is 0 Å². The normalized spacial score (nSPS) is 33.2. The highest BCUT2D eigenvalue weighted by Gasteiger charge is 2.47. The minimum absolute atomic E-state index is 0.0258. The Morgan fingerprint density at radius 2 is 1.68 bits per heavy atom. The van der Waals surface area contributed by atoms with E-state index in [0.717, 1.165) is 43.6 Å². The summed E-state index contributed by atoms with van der Waals surface area (Å²) in [7, 11) is 0. The van der Waals surface area contributed by atoms with Gasteiger partial charge in [0.25, 0.3) is 0 Å². The number of rotatable bonds is 3. The van der Waals surface area contributed by atoms with Gasteiger partial charge in [-0.2, -0.15) is 0 Å². The summed E-state index contributed by atoms with van der Waals surface area (Å²) in [6.07, 6.45) is 13.8. The zero-order valence-corrected chi connectivity index (χ0v) is 17.5. The lowest BCUT2D eigenvalue weighted by atomic mass is 9.73. The summed E-state index contributed by atoms with van der Waals surface area (Å²) in [5.74, 6) is 1.11. The van der Waals surface area contributed by atoms with E-state index in [4.69, 9.17) is 0 Å². The summed E-state index contributed by atoms with van der Waals surface area (Å²) in [5.41, 5.74) is 2.58. The molecule has 2 aliphatic heterocycles. The fourth-order valence-electron chi connectivity index (χ4n) is 6.75. The molecule has 2 heterocycles. The summed E-state index contributed by atoms with van der Waals surface area (Å²) in [5, 5.41) is 0. The highest BCUT2D eigenvalue weighted by Crippen LogP contribution is 2.46. The molecule has 3 atom stereocenters. The third-order valence-corrected chi connectivity index (χ3v) is 8.48. The van der Waals surface area contributed by atoms with Crippen LogP contribution in [0.5, 0.6) is 0 Å². The predicted octanol–water partition coefficient (Wildman–Crippen LogP) is 5.49. The number of carbonyl (C=O) groups excluding carboxylic acids is 1. The molecule has 2 aliphatic carbocycles. The van der Waals surface area contributed by atoms with Gasteiger partial charge in [-0.25, -0.2) is 0 Å². The highest BCUT2D eigenvalue weighted by molar-refractivity contribution is 5.99. The van der Waals surface area contributed by atoms with Crippen molar-refractivity contribution >= 4 is 11.6 Å². The molecule has 152 valence electrons. The van der Waals surface area contributed by atoms with Crippen molar-refractivity contribution in [2.45, 2.75) is 95.6 Å². The molecule has 1 unspecified atom stereocenters. The summed E-state index contributed by atoms with van der Waals surface area (Å²) in [6.45, 7) is 4.62. The average Bonchev–Trinajstić information content (AvgIpc) is 3.44. The number of nitrogens with zero attached hydrogens (tertiary/aromatic N) is 2. The van der Waals surface area contributed by atoms with Crippen LogP contribution in [0.2, 0.25) is 0 Å². The number of anilines is 1. The molecule has 2 saturated heterocycles. The van der Waals surface area contributed by atoms with Gasteiger partial charge in [0, 0.05) is 24.3 Å². The van der Waals surface area contributed by atoms with E-state index < -0.39 is 0 Å². The monoisotopic (exact) mass is 380 g/mol. The second kappa shape index (κ2) is 7.48. The quantitative estimate of drug-likeness (QED) is 0.692. The van der Waals surface area contributed by atoms with Crippen molar-refractivity contribution in [2.24, 2.45) is 5.41 Å². The summed E-state index contributed by atoms with van der Waals surface area (Å²) in [6, 6.07) is 10.6. The molecule has 0 bridgehead atoms. The van der Waals surface area contributed by atoms with Crippen molar-refractivity contribution in [1.82, 2.24) is 4.90 Å². The second-order valence-corrected chi connectivity index (χ2v) is 10.0. The van der Waals surface area contributed by atoms with Crippen molar-refractivity contribution in [2.75, 3.05) is 18.0 Å². The first-order valence-corrected chi connectivity index (χ1v) is 11.8. The van der Waals surface area contributed by atoms with Crippen LogP contribution < -0.4 is 4.90 Å². The number of carbonyl (C=O) groups is 1. The van der Waals surface area contributed by atoms with Crippen molar-refractivity contribution in [1.29, 1.82) is 0 Å². The van der Waals surface area contributed by atoms with E-state index in [-0.39, 0.29) is 5.41 Å². The number of benzene rings is 1. The second-order valence-electron chi connectivity index (χ2n) is 10.0. The van der Waals surface area contributed by atoms with Crippen molar-refractivity contribution in [3.8, 4) is 0 Å². The maximum atomic E-state index is 13.2. The Morgan fingerprint density at radius 1 is 0.893 bits per heavy atom. The van der Waals surface area contributed by atoms with Gasteiger partial charge in [0.05, 0.1) is 5.41 Å². The molecule has 3 heteroatoms. The molecule has 1 spiro atoms. The first-order chi connectivity index (χ1) is 13.7. The molecule has 0 radical (unpaired) electrons. The molecule has 4 fully saturated rings. The van der Waals surface area contributed by atoms with Gasteiger partial charge in [0.15, 0.2) is 0 Å². The molecule has 1 aromatic carbocycles. The largest absolute Gasteiger partial charge is 0.312 e.